The number of pyridine rings is 1. The quantitative estimate of drug-likeness (QED) is 0.424. The summed E-state index contributed by atoms with van der Waals surface area (Å²) in [6.07, 6.45) is -0.753. The van der Waals surface area contributed by atoms with Crippen molar-refractivity contribution in [2.75, 3.05) is 24.4 Å². The molecule has 0 fully saturated rings. The van der Waals surface area contributed by atoms with E-state index in [-0.39, 0.29) is 17.1 Å². The molecule has 4 rings (SSSR count). The summed E-state index contributed by atoms with van der Waals surface area (Å²) in [5.41, 5.74) is 0.300. The standard InChI is InChI=1S/C24H20F3N3O5S/c1-34-23(33)19-15-7-3-9-17(15)36-21(19)30-18(31)12-35-22(32)16-8-4-10-28-20(16)29-14-6-2-5-13(11-14)24(25,26)27/h2,4-6,8,10-11H,3,7,9,12H2,1H3,(H,28,29)(H,30,31). The number of hydrogen-bond acceptors (Lipinski definition) is 8. The van der Waals surface area contributed by atoms with E-state index in [1.165, 1.54) is 48.9 Å². The fraction of sp³-hybridized carbons (Fsp3) is 0.250. The molecule has 0 unspecified atom stereocenters. The number of methoxy groups -OCH3 is 1. The van der Waals surface area contributed by atoms with Crippen molar-refractivity contribution in [3.05, 3.63) is 69.7 Å². The van der Waals surface area contributed by atoms with Crippen molar-refractivity contribution < 1.29 is 37.0 Å². The molecule has 1 amide bonds. The zero-order valence-corrected chi connectivity index (χ0v) is 19.7. The molecule has 36 heavy (non-hydrogen) atoms. The van der Waals surface area contributed by atoms with Gasteiger partial charge in [0.15, 0.2) is 6.61 Å². The maximum Gasteiger partial charge on any atom is 0.416 e. The van der Waals surface area contributed by atoms with E-state index in [0.717, 1.165) is 35.4 Å². The molecule has 0 saturated heterocycles. The topological polar surface area (TPSA) is 107 Å². The van der Waals surface area contributed by atoms with Crippen LogP contribution >= 0.6 is 11.3 Å². The third kappa shape index (κ3) is 5.48. The van der Waals surface area contributed by atoms with Crippen LogP contribution in [0.25, 0.3) is 0 Å². The maximum absolute atomic E-state index is 13.0. The lowest BCUT2D eigenvalue weighted by Gasteiger charge is -2.13. The highest BCUT2D eigenvalue weighted by Gasteiger charge is 2.31. The van der Waals surface area contributed by atoms with Crippen LogP contribution in [0.15, 0.2) is 42.6 Å². The molecule has 2 heterocycles. The Morgan fingerprint density at radius 1 is 1.11 bits per heavy atom. The molecule has 1 aliphatic rings. The van der Waals surface area contributed by atoms with E-state index in [4.69, 9.17) is 9.47 Å². The van der Waals surface area contributed by atoms with Gasteiger partial charge in [-0.25, -0.2) is 14.6 Å². The van der Waals surface area contributed by atoms with E-state index < -0.39 is 36.2 Å². The number of aryl methyl sites for hydroxylation is 1. The summed E-state index contributed by atoms with van der Waals surface area (Å²) >= 11 is 1.28. The average molecular weight is 520 g/mol. The van der Waals surface area contributed by atoms with E-state index >= 15 is 0 Å². The monoisotopic (exact) mass is 519 g/mol. The molecular weight excluding hydrogens is 499 g/mol. The number of benzene rings is 1. The lowest BCUT2D eigenvalue weighted by Crippen LogP contribution is -2.22. The van der Waals surface area contributed by atoms with Gasteiger partial charge in [-0.2, -0.15) is 13.2 Å². The molecule has 0 bridgehead atoms. The van der Waals surface area contributed by atoms with Crippen LogP contribution in [0.2, 0.25) is 0 Å². The zero-order valence-electron chi connectivity index (χ0n) is 18.9. The first-order chi connectivity index (χ1) is 17.2. The molecule has 1 aromatic carbocycles. The van der Waals surface area contributed by atoms with Gasteiger partial charge in [0.2, 0.25) is 0 Å². The Kier molecular flexibility index (Phi) is 7.25. The molecule has 8 nitrogen and oxygen atoms in total. The average Bonchev–Trinajstić information content (AvgIpc) is 3.43. The van der Waals surface area contributed by atoms with Crippen LogP contribution in [-0.2, 0) is 33.3 Å². The molecule has 0 spiro atoms. The van der Waals surface area contributed by atoms with Gasteiger partial charge in [0.05, 0.1) is 18.2 Å². The summed E-state index contributed by atoms with van der Waals surface area (Å²) in [4.78, 5) is 42.3. The number of amides is 1. The number of fused-ring (bicyclic) bond motifs is 1. The van der Waals surface area contributed by atoms with Crippen molar-refractivity contribution in [1.29, 1.82) is 0 Å². The Labute approximate surface area is 207 Å². The summed E-state index contributed by atoms with van der Waals surface area (Å²) in [5.74, 6) is -2.16. The largest absolute Gasteiger partial charge is 0.465 e. The summed E-state index contributed by atoms with van der Waals surface area (Å²) in [5, 5.41) is 5.61. The Bertz CT molecular complexity index is 1320. The number of nitrogens with zero attached hydrogens (tertiary/aromatic N) is 1. The highest BCUT2D eigenvalue weighted by molar-refractivity contribution is 7.17. The number of rotatable bonds is 7. The predicted molar refractivity (Wildman–Crippen MR) is 126 cm³/mol. The first kappa shape index (κ1) is 25.2. The Balaban J connectivity index is 1.43. The number of halogens is 3. The molecule has 0 aliphatic heterocycles. The molecular formula is C24H20F3N3O5S. The van der Waals surface area contributed by atoms with Crippen LogP contribution in [-0.4, -0.2) is 36.5 Å². The van der Waals surface area contributed by atoms with Gasteiger partial charge in [-0.05, 0) is 55.2 Å². The first-order valence-corrected chi connectivity index (χ1v) is 11.6. The predicted octanol–water partition coefficient (Wildman–Crippen LogP) is 4.98. The molecule has 2 N–H and O–H groups in total. The summed E-state index contributed by atoms with van der Waals surface area (Å²) in [7, 11) is 1.26. The number of anilines is 3. The van der Waals surface area contributed by atoms with Crippen molar-refractivity contribution in [1.82, 2.24) is 4.98 Å². The van der Waals surface area contributed by atoms with Gasteiger partial charge in [-0.1, -0.05) is 6.07 Å². The van der Waals surface area contributed by atoms with Gasteiger partial charge in [0, 0.05) is 16.8 Å². The number of thiophene rings is 1. The summed E-state index contributed by atoms with van der Waals surface area (Å²) in [6.45, 7) is -0.653. The van der Waals surface area contributed by atoms with E-state index in [2.05, 4.69) is 15.6 Å². The minimum Gasteiger partial charge on any atom is -0.465 e. The number of carbonyl (C=O) groups excluding carboxylic acids is 3. The molecule has 0 radical (unpaired) electrons. The molecule has 12 heteroatoms. The van der Waals surface area contributed by atoms with Crippen molar-refractivity contribution in [3.8, 4) is 0 Å². The van der Waals surface area contributed by atoms with Gasteiger partial charge in [-0.15, -0.1) is 11.3 Å². The number of nitrogens with one attached hydrogen (secondary N) is 2. The second-order valence-electron chi connectivity index (χ2n) is 7.78. The number of aromatic nitrogens is 1. The van der Waals surface area contributed by atoms with Crippen LogP contribution in [0.1, 0.15) is 43.1 Å². The van der Waals surface area contributed by atoms with E-state index in [9.17, 15) is 27.6 Å². The van der Waals surface area contributed by atoms with Crippen LogP contribution in [0.5, 0.6) is 0 Å². The maximum atomic E-state index is 13.0. The van der Waals surface area contributed by atoms with Gasteiger partial charge in [0.1, 0.15) is 16.4 Å². The minimum atomic E-state index is -4.53. The fourth-order valence-electron chi connectivity index (χ4n) is 3.76. The number of hydrogen-bond donors (Lipinski definition) is 2. The van der Waals surface area contributed by atoms with Crippen LogP contribution in [0.4, 0.5) is 29.7 Å². The minimum absolute atomic E-state index is 0.0371. The second kappa shape index (κ2) is 10.4. The summed E-state index contributed by atoms with van der Waals surface area (Å²) in [6, 6.07) is 7.23. The van der Waals surface area contributed by atoms with Gasteiger partial charge in [0.25, 0.3) is 5.91 Å². The molecule has 0 atom stereocenters. The van der Waals surface area contributed by atoms with Crippen molar-refractivity contribution >= 4 is 45.7 Å². The lowest BCUT2D eigenvalue weighted by atomic mass is 10.1. The van der Waals surface area contributed by atoms with Gasteiger partial charge >= 0.3 is 18.1 Å². The van der Waals surface area contributed by atoms with Crippen LogP contribution in [0, 0.1) is 0 Å². The number of carbonyl (C=O) groups is 3. The van der Waals surface area contributed by atoms with Crippen molar-refractivity contribution in [2.24, 2.45) is 0 Å². The molecule has 1 aliphatic carbocycles. The number of esters is 2. The van der Waals surface area contributed by atoms with Crippen molar-refractivity contribution in [3.63, 3.8) is 0 Å². The first-order valence-electron chi connectivity index (χ1n) is 10.8. The van der Waals surface area contributed by atoms with Gasteiger partial charge < -0.3 is 20.1 Å². The summed E-state index contributed by atoms with van der Waals surface area (Å²) < 4.78 is 48.9. The van der Waals surface area contributed by atoms with E-state index in [1.54, 1.807) is 0 Å². The number of ether oxygens (including phenoxy) is 2. The van der Waals surface area contributed by atoms with Crippen molar-refractivity contribution in [2.45, 2.75) is 25.4 Å². The Morgan fingerprint density at radius 2 is 1.92 bits per heavy atom. The molecule has 188 valence electrons. The number of alkyl halides is 3. The van der Waals surface area contributed by atoms with E-state index in [0.29, 0.717) is 17.0 Å². The SMILES string of the molecule is COC(=O)c1c(NC(=O)COC(=O)c2cccnc2Nc2cccc(C(F)(F)F)c2)sc2c1CCC2. The highest BCUT2D eigenvalue weighted by atomic mass is 32.1. The van der Waals surface area contributed by atoms with Gasteiger partial charge in [-0.3, -0.25) is 4.79 Å². The lowest BCUT2D eigenvalue weighted by molar-refractivity contribution is -0.137. The second-order valence-corrected chi connectivity index (χ2v) is 8.89. The third-order valence-electron chi connectivity index (χ3n) is 5.38. The van der Waals surface area contributed by atoms with Crippen LogP contribution < -0.4 is 10.6 Å². The Morgan fingerprint density at radius 3 is 2.67 bits per heavy atom. The molecule has 0 saturated carbocycles. The van der Waals surface area contributed by atoms with E-state index in [1.807, 2.05) is 0 Å². The smallest absolute Gasteiger partial charge is 0.416 e. The fourth-order valence-corrected chi connectivity index (χ4v) is 5.06. The van der Waals surface area contributed by atoms with Crippen LogP contribution in [0.3, 0.4) is 0 Å². The zero-order chi connectivity index (χ0) is 25.9. The Hall–Kier alpha value is -3.93. The normalized spacial score (nSPS) is 12.6. The molecule has 2 aromatic heterocycles. The highest BCUT2D eigenvalue weighted by Crippen LogP contribution is 2.39. The molecule has 3 aromatic rings. The third-order valence-corrected chi connectivity index (χ3v) is 6.59.